The summed E-state index contributed by atoms with van der Waals surface area (Å²) in [6, 6.07) is 16.9. The molecule has 2 heterocycles. The van der Waals surface area contributed by atoms with E-state index in [1.54, 1.807) is 6.07 Å². The number of amides is 1. The van der Waals surface area contributed by atoms with Crippen LogP contribution in [0.5, 0.6) is 17.2 Å². The molecule has 2 atom stereocenters. The first-order valence-corrected chi connectivity index (χ1v) is 12.2. The maximum absolute atomic E-state index is 13.9. The summed E-state index contributed by atoms with van der Waals surface area (Å²) < 4.78 is 50.0. The van der Waals surface area contributed by atoms with Crippen LogP contribution in [0.4, 0.5) is 14.5 Å². The monoisotopic (exact) mass is 510 g/mol. The third-order valence-electron chi connectivity index (χ3n) is 6.23. The Kier molecular flexibility index (Phi) is 7.82. The van der Waals surface area contributed by atoms with Crippen molar-refractivity contribution < 1.29 is 32.5 Å². The Hall–Kier alpha value is -3.69. The van der Waals surface area contributed by atoms with Crippen molar-refractivity contribution in [2.45, 2.75) is 31.6 Å². The molecule has 1 amide bonds. The van der Waals surface area contributed by atoms with Gasteiger partial charge >= 0.3 is 0 Å². The van der Waals surface area contributed by atoms with Crippen molar-refractivity contribution in [2.24, 2.45) is 0 Å². The second-order valence-electron chi connectivity index (χ2n) is 9.08. The number of carbonyl (C=O) groups excluding carboxylic acids is 1. The Labute approximate surface area is 213 Å². The van der Waals surface area contributed by atoms with Crippen molar-refractivity contribution in [3.63, 3.8) is 0 Å². The van der Waals surface area contributed by atoms with Gasteiger partial charge in [-0.3, -0.25) is 9.69 Å². The van der Waals surface area contributed by atoms with E-state index in [0.717, 1.165) is 18.4 Å². The summed E-state index contributed by atoms with van der Waals surface area (Å²) in [5, 5.41) is 2.78. The number of ether oxygens (including phenoxy) is 4. The highest BCUT2D eigenvalue weighted by atomic mass is 19.1. The van der Waals surface area contributed by atoms with Gasteiger partial charge in [0.05, 0.1) is 6.10 Å². The number of carbonyl (C=O) groups is 1. The quantitative estimate of drug-likeness (QED) is 0.424. The molecule has 2 unspecified atom stereocenters. The normalized spacial score (nSPS) is 17.1. The van der Waals surface area contributed by atoms with Crippen LogP contribution >= 0.6 is 0 Å². The SMILES string of the molecule is O=C(Nc1ccc(F)cc1)C(CN(Cc1ccc2c(c1)OCO2)CC1CCCO1)Oc1cccc(F)c1. The van der Waals surface area contributed by atoms with E-state index >= 15 is 0 Å². The number of nitrogens with zero attached hydrogens (tertiary/aromatic N) is 1. The Morgan fingerprint density at radius 2 is 1.86 bits per heavy atom. The topological polar surface area (TPSA) is 69.3 Å². The lowest BCUT2D eigenvalue weighted by Crippen LogP contribution is -2.45. The van der Waals surface area contributed by atoms with Gasteiger partial charge in [-0.15, -0.1) is 0 Å². The fraction of sp³-hybridized carbons (Fsp3) is 0.321. The maximum atomic E-state index is 13.9. The van der Waals surface area contributed by atoms with Crippen LogP contribution < -0.4 is 19.5 Å². The lowest BCUT2D eigenvalue weighted by atomic mass is 10.1. The van der Waals surface area contributed by atoms with Gasteiger partial charge in [0.2, 0.25) is 6.79 Å². The van der Waals surface area contributed by atoms with Gasteiger partial charge in [-0.25, -0.2) is 8.78 Å². The number of hydrogen-bond acceptors (Lipinski definition) is 6. The van der Waals surface area contributed by atoms with E-state index in [0.29, 0.717) is 36.9 Å². The second kappa shape index (κ2) is 11.6. The summed E-state index contributed by atoms with van der Waals surface area (Å²) in [7, 11) is 0. The van der Waals surface area contributed by atoms with Gasteiger partial charge in [0, 0.05) is 38.0 Å². The Morgan fingerprint density at radius 1 is 1.03 bits per heavy atom. The predicted octanol–water partition coefficient (Wildman–Crippen LogP) is 4.76. The third kappa shape index (κ3) is 6.75. The zero-order valence-corrected chi connectivity index (χ0v) is 20.2. The molecule has 2 aliphatic rings. The maximum Gasteiger partial charge on any atom is 0.266 e. The van der Waals surface area contributed by atoms with E-state index < -0.39 is 23.6 Å². The smallest absolute Gasteiger partial charge is 0.266 e. The lowest BCUT2D eigenvalue weighted by Gasteiger charge is -2.29. The van der Waals surface area contributed by atoms with Crippen molar-refractivity contribution in [3.05, 3.63) is 83.9 Å². The van der Waals surface area contributed by atoms with Gasteiger partial charge < -0.3 is 24.3 Å². The van der Waals surface area contributed by atoms with E-state index in [2.05, 4.69) is 10.2 Å². The average molecular weight is 511 g/mol. The summed E-state index contributed by atoms with van der Waals surface area (Å²) >= 11 is 0. The molecule has 0 spiro atoms. The number of fused-ring (bicyclic) bond motifs is 1. The lowest BCUT2D eigenvalue weighted by molar-refractivity contribution is -0.123. The molecule has 3 aromatic carbocycles. The van der Waals surface area contributed by atoms with E-state index in [1.807, 2.05) is 18.2 Å². The molecule has 37 heavy (non-hydrogen) atoms. The highest BCUT2D eigenvalue weighted by Gasteiger charge is 2.28. The van der Waals surface area contributed by atoms with Crippen molar-refractivity contribution in [2.75, 3.05) is 31.8 Å². The average Bonchev–Trinajstić information content (AvgIpc) is 3.57. The molecule has 1 saturated heterocycles. The van der Waals surface area contributed by atoms with Gasteiger partial charge in [-0.05, 0) is 66.9 Å². The molecule has 2 aliphatic heterocycles. The summed E-state index contributed by atoms with van der Waals surface area (Å²) in [5.41, 5.74) is 1.41. The number of rotatable bonds is 10. The molecule has 194 valence electrons. The van der Waals surface area contributed by atoms with E-state index in [9.17, 15) is 13.6 Å². The molecule has 3 aromatic rings. The van der Waals surface area contributed by atoms with E-state index in [-0.39, 0.29) is 25.2 Å². The van der Waals surface area contributed by atoms with E-state index in [4.69, 9.17) is 18.9 Å². The second-order valence-corrected chi connectivity index (χ2v) is 9.08. The summed E-state index contributed by atoms with van der Waals surface area (Å²) in [4.78, 5) is 15.4. The van der Waals surface area contributed by atoms with Crippen LogP contribution in [0.3, 0.4) is 0 Å². The molecule has 1 N–H and O–H groups in total. The van der Waals surface area contributed by atoms with Crippen LogP contribution in [0.15, 0.2) is 66.7 Å². The Bertz CT molecular complexity index is 1220. The molecule has 0 radical (unpaired) electrons. The van der Waals surface area contributed by atoms with Gasteiger partial charge in [0.25, 0.3) is 5.91 Å². The number of hydrogen-bond donors (Lipinski definition) is 1. The predicted molar refractivity (Wildman–Crippen MR) is 133 cm³/mol. The van der Waals surface area contributed by atoms with Crippen LogP contribution in [0.1, 0.15) is 18.4 Å². The van der Waals surface area contributed by atoms with Crippen LogP contribution in [0.2, 0.25) is 0 Å². The number of benzene rings is 3. The summed E-state index contributed by atoms with van der Waals surface area (Å²) in [6.07, 6.45) is 0.956. The first-order chi connectivity index (χ1) is 18.0. The van der Waals surface area contributed by atoms with Crippen LogP contribution in [0.25, 0.3) is 0 Å². The Morgan fingerprint density at radius 3 is 2.65 bits per heavy atom. The van der Waals surface area contributed by atoms with Crippen molar-refractivity contribution in [1.82, 2.24) is 4.90 Å². The molecule has 0 aliphatic carbocycles. The number of halogens is 2. The molecule has 5 rings (SSSR count). The summed E-state index contributed by atoms with van der Waals surface area (Å²) in [5.74, 6) is 0.304. The highest BCUT2D eigenvalue weighted by molar-refractivity contribution is 5.94. The number of nitrogens with one attached hydrogen (secondary N) is 1. The Balaban J connectivity index is 1.37. The fourth-order valence-electron chi connectivity index (χ4n) is 4.45. The molecule has 0 bridgehead atoms. The minimum atomic E-state index is -0.984. The molecular formula is C28H28F2N2O5. The van der Waals surface area contributed by atoms with Gasteiger partial charge in [0.15, 0.2) is 17.6 Å². The molecule has 0 saturated carbocycles. The minimum absolute atomic E-state index is 0.0315. The standard InChI is InChI=1S/C28H28F2N2O5/c29-20-7-9-22(10-8-20)31-28(33)27(37-23-4-1-3-21(30)14-23)17-32(16-24-5-2-12-34-24)15-19-6-11-25-26(13-19)36-18-35-25/h1,3-4,6-11,13-14,24,27H,2,5,12,15-18H2,(H,31,33). The minimum Gasteiger partial charge on any atom is -0.479 e. The van der Waals surface area contributed by atoms with Gasteiger partial charge in [0.1, 0.15) is 17.4 Å². The molecular weight excluding hydrogens is 482 g/mol. The molecule has 0 aromatic heterocycles. The largest absolute Gasteiger partial charge is 0.479 e. The van der Waals surface area contributed by atoms with Crippen LogP contribution in [-0.4, -0.2) is 49.5 Å². The van der Waals surface area contributed by atoms with Gasteiger partial charge in [-0.1, -0.05) is 12.1 Å². The molecule has 1 fully saturated rings. The summed E-state index contributed by atoms with van der Waals surface area (Å²) in [6.45, 7) is 2.19. The van der Waals surface area contributed by atoms with Crippen molar-refractivity contribution in [3.8, 4) is 17.2 Å². The first-order valence-electron chi connectivity index (χ1n) is 12.2. The fourth-order valence-corrected chi connectivity index (χ4v) is 4.45. The van der Waals surface area contributed by atoms with Crippen LogP contribution in [-0.2, 0) is 16.1 Å². The van der Waals surface area contributed by atoms with Crippen molar-refractivity contribution in [1.29, 1.82) is 0 Å². The van der Waals surface area contributed by atoms with E-state index in [1.165, 1.54) is 42.5 Å². The zero-order chi connectivity index (χ0) is 25.6. The van der Waals surface area contributed by atoms with Crippen molar-refractivity contribution >= 4 is 11.6 Å². The van der Waals surface area contributed by atoms with Crippen LogP contribution in [0, 0.1) is 11.6 Å². The highest BCUT2D eigenvalue weighted by Crippen LogP contribution is 2.33. The zero-order valence-electron chi connectivity index (χ0n) is 20.2. The molecule has 9 heteroatoms. The van der Waals surface area contributed by atoms with Gasteiger partial charge in [-0.2, -0.15) is 0 Å². The number of anilines is 1. The molecule has 7 nitrogen and oxygen atoms in total. The third-order valence-corrected chi connectivity index (χ3v) is 6.23. The first kappa shape index (κ1) is 25.0.